The van der Waals surface area contributed by atoms with Crippen LogP contribution >= 0.6 is 0 Å². The zero-order valence-corrected chi connectivity index (χ0v) is 13.3. The zero-order valence-electron chi connectivity index (χ0n) is 13.3. The van der Waals surface area contributed by atoms with Gasteiger partial charge in [-0.1, -0.05) is 12.1 Å². The van der Waals surface area contributed by atoms with Gasteiger partial charge in [0.1, 0.15) is 17.2 Å². The Hall–Kier alpha value is -3.03. The van der Waals surface area contributed by atoms with Crippen molar-refractivity contribution >= 4 is 11.9 Å². The molecule has 8 heteroatoms. The van der Waals surface area contributed by atoms with Gasteiger partial charge in [-0.15, -0.1) is 0 Å². The molecule has 1 aromatic carbocycles. The molecule has 1 unspecified atom stereocenters. The Morgan fingerprint density at radius 1 is 1.20 bits per heavy atom. The highest BCUT2D eigenvalue weighted by molar-refractivity contribution is 5.92. The Morgan fingerprint density at radius 3 is 2.68 bits per heavy atom. The Balaban J connectivity index is 1.92. The molecule has 1 amide bonds. The normalized spacial score (nSPS) is 17.3. The Bertz CT molecular complexity index is 880. The van der Waals surface area contributed by atoms with Crippen molar-refractivity contribution in [1.29, 1.82) is 0 Å². The number of likely N-dealkylation sites (tertiary alicyclic amines) is 1. The first kappa shape index (κ1) is 16.8. The standard InChI is InChI=1S/C17H16FN3O4/c18-12-5-1-2-6-14(12)21-15(22)8-7-13(19-21)16(23)20-9-3-4-11(10-20)17(24)25/h1-2,5-8,11H,3-4,9-10H2,(H,24,25). The summed E-state index contributed by atoms with van der Waals surface area (Å²) >= 11 is 0. The number of para-hydroxylation sites is 1. The Labute approximate surface area is 142 Å². The summed E-state index contributed by atoms with van der Waals surface area (Å²) in [4.78, 5) is 37.1. The highest BCUT2D eigenvalue weighted by atomic mass is 19.1. The number of aromatic nitrogens is 2. The van der Waals surface area contributed by atoms with Gasteiger partial charge >= 0.3 is 5.97 Å². The van der Waals surface area contributed by atoms with Crippen LogP contribution in [0.3, 0.4) is 0 Å². The van der Waals surface area contributed by atoms with Crippen molar-refractivity contribution < 1.29 is 19.1 Å². The summed E-state index contributed by atoms with van der Waals surface area (Å²) in [5.74, 6) is -2.67. The van der Waals surface area contributed by atoms with E-state index in [0.29, 0.717) is 19.4 Å². The minimum absolute atomic E-state index is 0.0334. The molecule has 7 nitrogen and oxygen atoms in total. The lowest BCUT2D eigenvalue weighted by atomic mass is 9.98. The molecular formula is C17H16FN3O4. The van der Waals surface area contributed by atoms with Crippen molar-refractivity contribution in [2.24, 2.45) is 5.92 Å². The molecule has 2 aromatic rings. The van der Waals surface area contributed by atoms with Gasteiger partial charge in [-0.2, -0.15) is 9.78 Å². The summed E-state index contributed by atoms with van der Waals surface area (Å²) < 4.78 is 14.8. The van der Waals surface area contributed by atoms with Crippen molar-refractivity contribution in [2.75, 3.05) is 13.1 Å². The number of nitrogens with zero attached hydrogens (tertiary/aromatic N) is 3. The molecule has 0 radical (unpaired) electrons. The lowest BCUT2D eigenvalue weighted by Gasteiger charge is -2.30. The van der Waals surface area contributed by atoms with E-state index >= 15 is 0 Å². The van der Waals surface area contributed by atoms with E-state index in [1.165, 1.54) is 29.2 Å². The van der Waals surface area contributed by atoms with Crippen LogP contribution < -0.4 is 5.56 Å². The molecule has 1 N–H and O–H groups in total. The van der Waals surface area contributed by atoms with Crippen molar-refractivity contribution in [3.63, 3.8) is 0 Å². The van der Waals surface area contributed by atoms with Gasteiger partial charge in [-0.05, 0) is 31.0 Å². The van der Waals surface area contributed by atoms with Crippen molar-refractivity contribution in [3.8, 4) is 5.69 Å². The van der Waals surface area contributed by atoms with Crippen molar-refractivity contribution in [3.05, 3.63) is 58.3 Å². The van der Waals surface area contributed by atoms with E-state index in [0.717, 1.165) is 10.7 Å². The van der Waals surface area contributed by atoms with Crippen LogP contribution in [0.4, 0.5) is 4.39 Å². The molecule has 130 valence electrons. The molecule has 0 aliphatic carbocycles. The van der Waals surface area contributed by atoms with E-state index in [4.69, 9.17) is 5.11 Å². The van der Waals surface area contributed by atoms with Crippen molar-refractivity contribution in [2.45, 2.75) is 12.8 Å². The third-order valence-corrected chi connectivity index (χ3v) is 4.16. The number of carbonyl (C=O) groups is 2. The van der Waals surface area contributed by atoms with Gasteiger partial charge in [-0.25, -0.2) is 4.39 Å². The third-order valence-electron chi connectivity index (χ3n) is 4.16. The number of benzene rings is 1. The molecule has 0 spiro atoms. The zero-order chi connectivity index (χ0) is 18.0. The third kappa shape index (κ3) is 3.42. The predicted molar refractivity (Wildman–Crippen MR) is 86.1 cm³/mol. The number of aliphatic carboxylic acids is 1. The summed E-state index contributed by atoms with van der Waals surface area (Å²) in [5.41, 5.74) is -0.651. The van der Waals surface area contributed by atoms with Crippen LogP contribution in [0.2, 0.25) is 0 Å². The Morgan fingerprint density at radius 2 is 1.96 bits per heavy atom. The summed E-state index contributed by atoms with van der Waals surface area (Å²) in [6, 6.07) is 8.04. The summed E-state index contributed by atoms with van der Waals surface area (Å²) in [7, 11) is 0. The van der Waals surface area contributed by atoms with Crippen LogP contribution in [0.25, 0.3) is 5.69 Å². The molecule has 1 aliphatic heterocycles. The molecule has 1 aliphatic rings. The molecule has 25 heavy (non-hydrogen) atoms. The van der Waals surface area contributed by atoms with Crippen molar-refractivity contribution in [1.82, 2.24) is 14.7 Å². The topological polar surface area (TPSA) is 92.5 Å². The van der Waals surface area contributed by atoms with E-state index in [1.807, 2.05) is 0 Å². The Kier molecular flexibility index (Phi) is 4.60. The number of carboxylic acids is 1. The quantitative estimate of drug-likeness (QED) is 0.905. The van der Waals surface area contributed by atoms with Crippen LogP contribution in [0.15, 0.2) is 41.2 Å². The SMILES string of the molecule is O=C(O)C1CCCN(C(=O)c2ccc(=O)n(-c3ccccc3F)n2)C1. The number of piperidine rings is 1. The summed E-state index contributed by atoms with van der Waals surface area (Å²) in [6.45, 7) is 0.512. The second-order valence-electron chi connectivity index (χ2n) is 5.85. The molecule has 1 fully saturated rings. The maximum atomic E-state index is 13.9. The highest BCUT2D eigenvalue weighted by Crippen LogP contribution is 2.18. The number of carboxylic acid groups (broad SMARTS) is 1. The first-order valence-corrected chi connectivity index (χ1v) is 7.85. The fraction of sp³-hybridized carbons (Fsp3) is 0.294. The molecule has 2 heterocycles. The van der Waals surface area contributed by atoms with Gasteiger partial charge in [0.15, 0.2) is 0 Å². The van der Waals surface area contributed by atoms with Crippen LogP contribution in [0, 0.1) is 11.7 Å². The maximum absolute atomic E-state index is 13.9. The first-order valence-electron chi connectivity index (χ1n) is 7.85. The number of rotatable bonds is 3. The molecule has 3 rings (SSSR count). The summed E-state index contributed by atoms with van der Waals surface area (Å²) in [6.07, 6.45) is 1.09. The number of halogens is 1. The number of amides is 1. The van der Waals surface area contributed by atoms with Gasteiger partial charge in [0, 0.05) is 19.2 Å². The largest absolute Gasteiger partial charge is 0.481 e. The molecule has 1 saturated heterocycles. The number of carbonyl (C=O) groups excluding carboxylic acids is 1. The minimum atomic E-state index is -0.943. The van der Waals surface area contributed by atoms with Gasteiger partial charge in [0.05, 0.1) is 5.92 Å². The second kappa shape index (κ2) is 6.84. The molecular weight excluding hydrogens is 329 g/mol. The second-order valence-corrected chi connectivity index (χ2v) is 5.85. The molecule has 0 saturated carbocycles. The molecule has 1 aromatic heterocycles. The minimum Gasteiger partial charge on any atom is -0.481 e. The fourth-order valence-corrected chi connectivity index (χ4v) is 2.85. The van der Waals surface area contributed by atoms with Gasteiger partial charge in [0.25, 0.3) is 11.5 Å². The number of hydrogen-bond acceptors (Lipinski definition) is 4. The van der Waals surface area contributed by atoms with Gasteiger partial charge in [-0.3, -0.25) is 14.4 Å². The maximum Gasteiger partial charge on any atom is 0.308 e. The molecule has 1 atom stereocenters. The van der Waals surface area contributed by atoms with Crippen LogP contribution in [-0.4, -0.2) is 44.8 Å². The lowest BCUT2D eigenvalue weighted by molar-refractivity contribution is -0.143. The van der Waals surface area contributed by atoms with E-state index < -0.39 is 29.2 Å². The van der Waals surface area contributed by atoms with E-state index in [-0.39, 0.29) is 17.9 Å². The fourth-order valence-electron chi connectivity index (χ4n) is 2.85. The van der Waals surface area contributed by atoms with Gasteiger partial charge < -0.3 is 10.0 Å². The van der Waals surface area contributed by atoms with E-state index in [9.17, 15) is 18.8 Å². The monoisotopic (exact) mass is 345 g/mol. The van der Waals surface area contributed by atoms with Crippen LogP contribution in [-0.2, 0) is 4.79 Å². The average molecular weight is 345 g/mol. The smallest absolute Gasteiger partial charge is 0.308 e. The predicted octanol–water partition coefficient (Wildman–Crippen LogP) is 1.31. The van der Waals surface area contributed by atoms with Gasteiger partial charge in [0.2, 0.25) is 0 Å². The number of hydrogen-bond donors (Lipinski definition) is 1. The average Bonchev–Trinajstić information content (AvgIpc) is 2.62. The lowest BCUT2D eigenvalue weighted by Crippen LogP contribution is -2.43. The van der Waals surface area contributed by atoms with Crippen LogP contribution in [0.5, 0.6) is 0 Å². The van der Waals surface area contributed by atoms with E-state index in [2.05, 4.69) is 5.10 Å². The van der Waals surface area contributed by atoms with Crippen LogP contribution in [0.1, 0.15) is 23.3 Å². The highest BCUT2D eigenvalue weighted by Gasteiger charge is 2.29. The van der Waals surface area contributed by atoms with E-state index in [1.54, 1.807) is 6.07 Å². The molecule has 0 bridgehead atoms. The first-order chi connectivity index (χ1) is 12.0. The summed E-state index contributed by atoms with van der Waals surface area (Å²) in [5, 5.41) is 13.1.